The third-order valence-corrected chi connectivity index (χ3v) is 6.06. The molecule has 0 radical (unpaired) electrons. The molecule has 108 valence electrons. The quantitative estimate of drug-likeness (QED) is 0.875. The summed E-state index contributed by atoms with van der Waals surface area (Å²) in [6.45, 7) is 12.5. The Balaban J connectivity index is 2.43. The van der Waals surface area contributed by atoms with Gasteiger partial charge in [0.25, 0.3) is 0 Å². The van der Waals surface area contributed by atoms with Gasteiger partial charge >= 0.3 is 0 Å². The molecule has 3 heteroatoms. The van der Waals surface area contributed by atoms with Gasteiger partial charge in [0.2, 0.25) is 0 Å². The Morgan fingerprint density at radius 1 is 1.21 bits per heavy atom. The van der Waals surface area contributed by atoms with Crippen LogP contribution in [-0.2, 0) is 5.54 Å². The third-order valence-electron chi connectivity index (χ3n) is 4.83. The highest BCUT2D eigenvalue weighted by atomic mass is 32.1. The highest BCUT2D eigenvalue weighted by Gasteiger charge is 2.49. The molecule has 1 aromatic heterocycles. The van der Waals surface area contributed by atoms with Gasteiger partial charge in [-0.15, -0.1) is 11.3 Å². The molecule has 1 unspecified atom stereocenters. The second-order valence-corrected chi connectivity index (χ2v) is 7.79. The molecule has 1 fully saturated rings. The standard InChI is InChI=1S/C16H28N2S/c1-6-11-17-16(10-8-7-9-15(16,4)5)14-18-12(2)13(3)19-14/h17H,6-11H2,1-5H3. The van der Waals surface area contributed by atoms with Crippen LogP contribution in [0.1, 0.15) is 68.5 Å². The molecule has 0 aliphatic heterocycles. The molecule has 1 aliphatic carbocycles. The first-order chi connectivity index (χ1) is 8.93. The number of rotatable bonds is 4. The van der Waals surface area contributed by atoms with Gasteiger partial charge in [-0.3, -0.25) is 0 Å². The average Bonchev–Trinajstić information content (AvgIpc) is 2.68. The summed E-state index contributed by atoms with van der Waals surface area (Å²) >= 11 is 1.90. The summed E-state index contributed by atoms with van der Waals surface area (Å²) in [5.74, 6) is 0. The van der Waals surface area contributed by atoms with E-state index < -0.39 is 0 Å². The Morgan fingerprint density at radius 3 is 2.42 bits per heavy atom. The summed E-state index contributed by atoms with van der Waals surface area (Å²) in [5.41, 5.74) is 1.58. The first kappa shape index (κ1) is 15.0. The highest BCUT2D eigenvalue weighted by molar-refractivity contribution is 7.11. The van der Waals surface area contributed by atoms with Gasteiger partial charge in [-0.1, -0.05) is 33.6 Å². The third kappa shape index (κ3) is 2.59. The van der Waals surface area contributed by atoms with Crippen LogP contribution in [0.3, 0.4) is 0 Å². The number of nitrogens with zero attached hydrogens (tertiary/aromatic N) is 1. The van der Waals surface area contributed by atoms with Crippen molar-refractivity contribution in [2.45, 2.75) is 72.3 Å². The van der Waals surface area contributed by atoms with Crippen LogP contribution in [0.4, 0.5) is 0 Å². The van der Waals surface area contributed by atoms with Crippen molar-refractivity contribution in [3.8, 4) is 0 Å². The van der Waals surface area contributed by atoms with E-state index in [9.17, 15) is 0 Å². The predicted octanol–water partition coefficient (Wildman–Crippen LogP) is 4.56. The molecule has 0 spiro atoms. The maximum atomic E-state index is 4.91. The van der Waals surface area contributed by atoms with E-state index in [0.717, 1.165) is 6.54 Å². The molecule has 0 aromatic carbocycles. The van der Waals surface area contributed by atoms with Crippen LogP contribution in [0.15, 0.2) is 0 Å². The van der Waals surface area contributed by atoms with E-state index >= 15 is 0 Å². The fourth-order valence-electron chi connectivity index (χ4n) is 3.30. The monoisotopic (exact) mass is 280 g/mol. The van der Waals surface area contributed by atoms with Gasteiger partial charge in [0.05, 0.1) is 11.2 Å². The van der Waals surface area contributed by atoms with Gasteiger partial charge in [-0.25, -0.2) is 4.98 Å². The molecular weight excluding hydrogens is 252 g/mol. The van der Waals surface area contributed by atoms with Crippen LogP contribution in [-0.4, -0.2) is 11.5 Å². The highest BCUT2D eigenvalue weighted by Crippen LogP contribution is 2.51. The van der Waals surface area contributed by atoms with Crippen molar-refractivity contribution in [1.29, 1.82) is 0 Å². The first-order valence-electron chi connectivity index (χ1n) is 7.62. The molecule has 1 N–H and O–H groups in total. The molecule has 0 saturated heterocycles. The zero-order valence-corrected chi connectivity index (χ0v) is 13.9. The first-order valence-corrected chi connectivity index (χ1v) is 8.44. The summed E-state index contributed by atoms with van der Waals surface area (Å²) in [7, 11) is 0. The molecule has 0 bridgehead atoms. The number of aromatic nitrogens is 1. The van der Waals surface area contributed by atoms with Crippen molar-refractivity contribution in [2.24, 2.45) is 5.41 Å². The summed E-state index contributed by atoms with van der Waals surface area (Å²) in [5, 5.41) is 5.20. The molecular formula is C16H28N2S. The summed E-state index contributed by atoms with van der Waals surface area (Å²) in [6, 6.07) is 0. The van der Waals surface area contributed by atoms with Crippen molar-refractivity contribution in [1.82, 2.24) is 10.3 Å². The molecule has 19 heavy (non-hydrogen) atoms. The van der Waals surface area contributed by atoms with Gasteiger partial charge in [0.15, 0.2) is 0 Å². The van der Waals surface area contributed by atoms with Crippen LogP contribution >= 0.6 is 11.3 Å². The summed E-state index contributed by atoms with van der Waals surface area (Å²) in [4.78, 5) is 6.28. The van der Waals surface area contributed by atoms with Gasteiger partial charge in [-0.05, 0) is 45.1 Å². The zero-order valence-electron chi connectivity index (χ0n) is 13.1. The molecule has 2 rings (SSSR count). The zero-order chi connectivity index (χ0) is 14.1. The van der Waals surface area contributed by atoms with Crippen LogP contribution < -0.4 is 5.32 Å². The Kier molecular flexibility index (Phi) is 4.36. The molecule has 0 amide bonds. The van der Waals surface area contributed by atoms with E-state index in [-0.39, 0.29) is 11.0 Å². The van der Waals surface area contributed by atoms with E-state index in [4.69, 9.17) is 4.98 Å². The lowest BCUT2D eigenvalue weighted by atomic mass is 9.63. The number of aryl methyl sites for hydroxylation is 2. The second-order valence-electron chi connectivity index (χ2n) is 6.58. The number of hydrogen-bond acceptors (Lipinski definition) is 3. The molecule has 1 aromatic rings. The summed E-state index contributed by atoms with van der Waals surface area (Å²) in [6.07, 6.45) is 6.37. The lowest BCUT2D eigenvalue weighted by Gasteiger charge is -2.50. The fraction of sp³-hybridized carbons (Fsp3) is 0.812. The lowest BCUT2D eigenvalue weighted by molar-refractivity contribution is 0.0592. The van der Waals surface area contributed by atoms with Crippen molar-refractivity contribution in [3.05, 3.63) is 15.6 Å². The maximum absolute atomic E-state index is 4.91. The molecule has 1 aliphatic rings. The van der Waals surface area contributed by atoms with Crippen LogP contribution in [0.2, 0.25) is 0 Å². The Hall–Kier alpha value is -0.410. The van der Waals surface area contributed by atoms with Gasteiger partial charge < -0.3 is 5.32 Å². The summed E-state index contributed by atoms with van der Waals surface area (Å²) < 4.78 is 0. The Morgan fingerprint density at radius 2 is 1.89 bits per heavy atom. The fourth-order valence-corrected chi connectivity index (χ4v) is 4.59. The molecule has 1 saturated carbocycles. The van der Waals surface area contributed by atoms with Crippen molar-refractivity contribution in [2.75, 3.05) is 6.54 Å². The lowest BCUT2D eigenvalue weighted by Crippen LogP contribution is -2.55. The number of nitrogens with one attached hydrogen (secondary N) is 1. The van der Waals surface area contributed by atoms with Gasteiger partial charge in [0.1, 0.15) is 5.01 Å². The van der Waals surface area contributed by atoms with E-state index in [2.05, 4.69) is 39.9 Å². The minimum Gasteiger partial charge on any atom is -0.305 e. The molecule has 2 nitrogen and oxygen atoms in total. The van der Waals surface area contributed by atoms with Crippen molar-refractivity contribution in [3.63, 3.8) is 0 Å². The minimum absolute atomic E-state index is 0.0882. The van der Waals surface area contributed by atoms with Crippen molar-refractivity contribution < 1.29 is 0 Å². The molecule has 1 atom stereocenters. The number of hydrogen-bond donors (Lipinski definition) is 1. The predicted molar refractivity (Wildman–Crippen MR) is 83.8 cm³/mol. The smallest absolute Gasteiger partial charge is 0.114 e. The van der Waals surface area contributed by atoms with E-state index in [1.54, 1.807) is 0 Å². The Labute approximate surface area is 122 Å². The normalized spacial score (nSPS) is 26.6. The topological polar surface area (TPSA) is 24.9 Å². The van der Waals surface area contributed by atoms with Crippen LogP contribution in [0, 0.1) is 19.3 Å². The average molecular weight is 280 g/mol. The van der Waals surface area contributed by atoms with Crippen molar-refractivity contribution >= 4 is 11.3 Å². The van der Waals surface area contributed by atoms with Gasteiger partial charge in [0, 0.05) is 4.88 Å². The van der Waals surface area contributed by atoms with E-state index in [1.165, 1.54) is 47.7 Å². The minimum atomic E-state index is 0.0882. The SMILES string of the molecule is CCCNC1(c2nc(C)c(C)s2)CCCCC1(C)C. The van der Waals surface area contributed by atoms with Crippen LogP contribution in [0.25, 0.3) is 0 Å². The van der Waals surface area contributed by atoms with E-state index in [1.807, 2.05) is 11.3 Å². The molecule has 1 heterocycles. The van der Waals surface area contributed by atoms with Gasteiger partial charge in [-0.2, -0.15) is 0 Å². The maximum Gasteiger partial charge on any atom is 0.114 e. The largest absolute Gasteiger partial charge is 0.305 e. The van der Waals surface area contributed by atoms with Crippen LogP contribution in [0.5, 0.6) is 0 Å². The van der Waals surface area contributed by atoms with E-state index in [0.29, 0.717) is 0 Å². The number of thiazole rings is 1. The second kappa shape index (κ2) is 5.53. The Bertz CT molecular complexity index is 416.